The molecule has 4 rings (SSSR count). The standard InChI is InChI=1S/C23H30N2O2/c1-26-22-10-9-20(16-24-22)17-25-14-13-23(18-25,21-8-5-15-27-21)12-11-19-6-3-2-4-7-19/h2-4,6-7,9-10,16,21H,5,8,11-15,17-18H2,1H3. The van der Waals surface area contributed by atoms with Crippen LogP contribution >= 0.6 is 0 Å². The van der Waals surface area contributed by atoms with Gasteiger partial charge in [-0.1, -0.05) is 36.4 Å². The van der Waals surface area contributed by atoms with Gasteiger partial charge in [0.05, 0.1) is 13.2 Å². The Morgan fingerprint density at radius 2 is 2.07 bits per heavy atom. The maximum Gasteiger partial charge on any atom is 0.212 e. The molecule has 1 aromatic heterocycles. The Balaban J connectivity index is 1.43. The molecule has 3 heterocycles. The van der Waals surface area contributed by atoms with Crippen LogP contribution in [0.25, 0.3) is 0 Å². The van der Waals surface area contributed by atoms with Crippen LogP contribution in [0.3, 0.4) is 0 Å². The number of aromatic nitrogens is 1. The summed E-state index contributed by atoms with van der Waals surface area (Å²) in [4.78, 5) is 6.93. The lowest BCUT2D eigenvalue weighted by Gasteiger charge is -2.35. The molecule has 4 nitrogen and oxygen atoms in total. The Bertz CT molecular complexity index is 713. The first-order chi connectivity index (χ1) is 13.3. The van der Waals surface area contributed by atoms with E-state index in [1.165, 1.54) is 36.8 Å². The quantitative estimate of drug-likeness (QED) is 0.739. The summed E-state index contributed by atoms with van der Waals surface area (Å²) in [6, 6.07) is 15.0. The minimum Gasteiger partial charge on any atom is -0.481 e. The molecule has 0 N–H and O–H groups in total. The third kappa shape index (κ3) is 4.33. The van der Waals surface area contributed by atoms with E-state index < -0.39 is 0 Å². The van der Waals surface area contributed by atoms with E-state index >= 15 is 0 Å². The number of hydrogen-bond donors (Lipinski definition) is 0. The highest BCUT2D eigenvalue weighted by Gasteiger charge is 2.45. The topological polar surface area (TPSA) is 34.6 Å². The molecule has 2 fully saturated rings. The van der Waals surface area contributed by atoms with Crippen LogP contribution < -0.4 is 4.74 Å². The van der Waals surface area contributed by atoms with Crippen LogP contribution in [0.4, 0.5) is 0 Å². The molecule has 27 heavy (non-hydrogen) atoms. The van der Waals surface area contributed by atoms with E-state index in [2.05, 4.69) is 46.3 Å². The monoisotopic (exact) mass is 366 g/mol. The lowest BCUT2D eigenvalue weighted by molar-refractivity contribution is -0.00181. The van der Waals surface area contributed by atoms with Gasteiger partial charge in [-0.15, -0.1) is 0 Å². The molecular formula is C23H30N2O2. The van der Waals surface area contributed by atoms with Gasteiger partial charge in [-0.05, 0) is 49.8 Å². The number of pyridine rings is 1. The summed E-state index contributed by atoms with van der Waals surface area (Å²) in [5.41, 5.74) is 2.97. The molecule has 0 bridgehead atoms. The predicted molar refractivity (Wildman–Crippen MR) is 107 cm³/mol. The first-order valence-electron chi connectivity index (χ1n) is 10.1. The Hall–Kier alpha value is -1.91. The molecule has 144 valence electrons. The van der Waals surface area contributed by atoms with Crippen LogP contribution in [0, 0.1) is 5.41 Å². The zero-order valence-electron chi connectivity index (χ0n) is 16.3. The average molecular weight is 367 g/mol. The van der Waals surface area contributed by atoms with Crippen molar-refractivity contribution in [2.24, 2.45) is 5.41 Å². The van der Waals surface area contributed by atoms with Gasteiger partial charge >= 0.3 is 0 Å². The summed E-state index contributed by atoms with van der Waals surface area (Å²) < 4.78 is 11.4. The van der Waals surface area contributed by atoms with Crippen molar-refractivity contribution in [1.29, 1.82) is 0 Å². The summed E-state index contributed by atoms with van der Waals surface area (Å²) in [6.07, 6.45) is 8.35. The summed E-state index contributed by atoms with van der Waals surface area (Å²) >= 11 is 0. The van der Waals surface area contributed by atoms with Crippen LogP contribution in [0.5, 0.6) is 5.88 Å². The second-order valence-electron chi connectivity index (χ2n) is 8.02. The van der Waals surface area contributed by atoms with E-state index in [0.717, 1.165) is 32.7 Å². The fourth-order valence-corrected chi connectivity index (χ4v) is 4.73. The number of likely N-dealkylation sites (tertiary alicyclic amines) is 1. The number of hydrogen-bond acceptors (Lipinski definition) is 4. The van der Waals surface area contributed by atoms with Gasteiger partial charge < -0.3 is 9.47 Å². The van der Waals surface area contributed by atoms with Crippen molar-refractivity contribution in [3.05, 3.63) is 59.8 Å². The molecule has 1 aromatic carbocycles. The van der Waals surface area contributed by atoms with Gasteiger partial charge in [0.25, 0.3) is 0 Å². The number of ether oxygens (including phenoxy) is 2. The number of nitrogens with zero attached hydrogens (tertiary/aromatic N) is 2. The molecule has 2 unspecified atom stereocenters. The molecule has 2 atom stereocenters. The van der Waals surface area contributed by atoms with Gasteiger partial charge in [-0.25, -0.2) is 4.98 Å². The largest absolute Gasteiger partial charge is 0.481 e. The fourth-order valence-electron chi connectivity index (χ4n) is 4.73. The van der Waals surface area contributed by atoms with Crippen molar-refractivity contribution in [3.63, 3.8) is 0 Å². The molecule has 0 spiro atoms. The highest BCUT2D eigenvalue weighted by atomic mass is 16.5. The van der Waals surface area contributed by atoms with Gasteiger partial charge in [0.15, 0.2) is 0 Å². The molecule has 0 saturated carbocycles. The van der Waals surface area contributed by atoms with Crippen molar-refractivity contribution >= 4 is 0 Å². The molecule has 2 saturated heterocycles. The molecule has 4 heteroatoms. The zero-order valence-corrected chi connectivity index (χ0v) is 16.3. The molecule has 2 aliphatic rings. The lowest BCUT2D eigenvalue weighted by atomic mass is 9.75. The second-order valence-corrected chi connectivity index (χ2v) is 8.02. The van der Waals surface area contributed by atoms with E-state index in [1.807, 2.05) is 12.3 Å². The van der Waals surface area contributed by atoms with Gasteiger partial charge in [0.2, 0.25) is 5.88 Å². The Labute approximate surface area is 162 Å². The van der Waals surface area contributed by atoms with Crippen molar-refractivity contribution in [1.82, 2.24) is 9.88 Å². The van der Waals surface area contributed by atoms with E-state index in [4.69, 9.17) is 9.47 Å². The smallest absolute Gasteiger partial charge is 0.212 e. The van der Waals surface area contributed by atoms with Crippen molar-refractivity contribution in [2.45, 2.75) is 44.8 Å². The second kappa shape index (κ2) is 8.41. The molecule has 2 aromatic rings. The summed E-state index contributed by atoms with van der Waals surface area (Å²) in [6.45, 7) is 4.15. The third-order valence-corrected chi connectivity index (χ3v) is 6.24. The van der Waals surface area contributed by atoms with Crippen molar-refractivity contribution in [2.75, 3.05) is 26.8 Å². The normalized spacial score (nSPS) is 25.7. The number of rotatable bonds is 7. The van der Waals surface area contributed by atoms with Crippen LogP contribution in [0.2, 0.25) is 0 Å². The maximum atomic E-state index is 6.20. The SMILES string of the molecule is COc1ccc(CN2CCC(CCc3ccccc3)(C3CCCO3)C2)cn1. The first-order valence-corrected chi connectivity index (χ1v) is 10.1. The molecular weight excluding hydrogens is 336 g/mol. The first kappa shape index (κ1) is 18.5. The predicted octanol–water partition coefficient (Wildman–Crippen LogP) is 4.09. The molecule has 0 aliphatic carbocycles. The zero-order chi connectivity index (χ0) is 18.5. The Morgan fingerprint density at radius 1 is 1.19 bits per heavy atom. The summed E-state index contributed by atoms with van der Waals surface area (Å²) in [7, 11) is 1.66. The maximum absolute atomic E-state index is 6.20. The van der Waals surface area contributed by atoms with Crippen molar-refractivity contribution < 1.29 is 9.47 Å². The Kier molecular flexibility index (Phi) is 5.74. The highest BCUT2D eigenvalue weighted by Crippen LogP contribution is 2.44. The van der Waals surface area contributed by atoms with Gasteiger partial charge in [-0.3, -0.25) is 4.90 Å². The molecule has 0 radical (unpaired) electrons. The Morgan fingerprint density at radius 3 is 2.78 bits per heavy atom. The van der Waals surface area contributed by atoms with Crippen LogP contribution in [-0.2, 0) is 17.7 Å². The van der Waals surface area contributed by atoms with Crippen LogP contribution in [0.15, 0.2) is 48.7 Å². The van der Waals surface area contributed by atoms with Crippen molar-refractivity contribution in [3.8, 4) is 5.88 Å². The van der Waals surface area contributed by atoms with E-state index in [-0.39, 0.29) is 5.41 Å². The summed E-state index contributed by atoms with van der Waals surface area (Å²) in [5, 5.41) is 0. The van der Waals surface area contributed by atoms with E-state index in [1.54, 1.807) is 7.11 Å². The third-order valence-electron chi connectivity index (χ3n) is 6.24. The van der Waals surface area contributed by atoms with E-state index in [9.17, 15) is 0 Å². The summed E-state index contributed by atoms with van der Waals surface area (Å²) in [5.74, 6) is 0.678. The van der Waals surface area contributed by atoms with Gasteiger partial charge in [0, 0.05) is 37.4 Å². The molecule has 2 aliphatic heterocycles. The average Bonchev–Trinajstić information content (AvgIpc) is 3.39. The minimum atomic E-state index is 0.284. The van der Waals surface area contributed by atoms with E-state index in [0.29, 0.717) is 12.0 Å². The number of aryl methyl sites for hydroxylation is 1. The number of benzene rings is 1. The van der Waals surface area contributed by atoms with Crippen LogP contribution in [0.1, 0.15) is 36.8 Å². The molecule has 0 amide bonds. The van der Waals surface area contributed by atoms with Gasteiger partial charge in [-0.2, -0.15) is 0 Å². The van der Waals surface area contributed by atoms with Crippen LogP contribution in [-0.4, -0.2) is 42.8 Å². The lowest BCUT2D eigenvalue weighted by Crippen LogP contribution is -2.38. The number of methoxy groups -OCH3 is 1. The highest BCUT2D eigenvalue weighted by molar-refractivity contribution is 5.18. The fraction of sp³-hybridized carbons (Fsp3) is 0.522. The minimum absolute atomic E-state index is 0.284. The van der Waals surface area contributed by atoms with Gasteiger partial charge in [0.1, 0.15) is 0 Å².